The number of anilines is 1. The highest BCUT2D eigenvalue weighted by Crippen LogP contribution is 2.39. The van der Waals surface area contributed by atoms with Crippen LogP contribution in [0.5, 0.6) is 5.75 Å². The van der Waals surface area contributed by atoms with E-state index in [1.807, 2.05) is 68.7 Å². The Bertz CT molecular complexity index is 1770. The summed E-state index contributed by atoms with van der Waals surface area (Å²) in [5, 5.41) is 14.2. The lowest BCUT2D eigenvalue weighted by molar-refractivity contribution is -0.151. The molecule has 4 atom stereocenters. The van der Waals surface area contributed by atoms with Gasteiger partial charge in [0.15, 0.2) is 0 Å². The molecule has 45 heavy (non-hydrogen) atoms. The summed E-state index contributed by atoms with van der Waals surface area (Å²) < 4.78 is 13.7. The summed E-state index contributed by atoms with van der Waals surface area (Å²) in [5.74, 6) is 1.79. The minimum absolute atomic E-state index is 0.183. The van der Waals surface area contributed by atoms with E-state index in [9.17, 15) is 10.1 Å². The van der Waals surface area contributed by atoms with Crippen LogP contribution in [-0.2, 0) is 14.9 Å². The van der Waals surface area contributed by atoms with Gasteiger partial charge in [-0.25, -0.2) is 9.50 Å². The molecule has 1 aromatic carbocycles. The van der Waals surface area contributed by atoms with Crippen molar-refractivity contribution in [3.8, 4) is 22.9 Å². The number of amides is 1. The smallest absolute Gasteiger partial charge is 0.233 e. The zero-order valence-electron chi connectivity index (χ0n) is 25.7. The van der Waals surface area contributed by atoms with E-state index >= 15 is 0 Å². The first-order valence-electron chi connectivity index (χ1n) is 15.9. The van der Waals surface area contributed by atoms with Gasteiger partial charge in [0.1, 0.15) is 24.2 Å². The maximum atomic E-state index is 13.7. The molecule has 0 aliphatic carbocycles. The SMILES string of the molecule is CC(C)(C(=O)N1C2CC1CN(c1ccc(-c3cc(OCCN4CC5C[C@@H]4CO5)cn4ncc(C#N)c34)cn1)C2)c1ccccc1. The third kappa shape index (κ3) is 4.82. The average Bonchev–Trinajstić information content (AvgIpc) is 3.81. The Labute approximate surface area is 262 Å². The molecule has 0 N–H and O–H groups in total. The topological polar surface area (TPSA) is 99.2 Å². The molecule has 5 aliphatic rings. The second-order valence-electron chi connectivity index (χ2n) is 13.3. The van der Waals surface area contributed by atoms with Gasteiger partial charge in [-0.2, -0.15) is 10.4 Å². The maximum absolute atomic E-state index is 13.7. The lowest BCUT2D eigenvalue weighted by atomic mass is 9.78. The second-order valence-corrected chi connectivity index (χ2v) is 13.3. The standard InChI is InChI=1S/C35H37N7O3/c1-35(2,25-6-4-3-5-7-25)34(43)42-26-12-27(42)19-40(18-26)32-9-8-23(16-37-32)31-14-30(21-41-33(31)24(15-36)17-38-41)44-11-10-39-20-29-13-28(39)22-45-29/h3-9,14,16-17,21,26-29H,10-13,18-20,22H2,1-2H3/t26?,27?,28-,29?/m1/s1. The quantitative estimate of drug-likeness (QED) is 0.299. The third-order valence-corrected chi connectivity index (χ3v) is 10.2. The van der Waals surface area contributed by atoms with Crippen LogP contribution in [0.15, 0.2) is 67.1 Å². The molecule has 0 radical (unpaired) electrons. The van der Waals surface area contributed by atoms with Crippen molar-refractivity contribution in [3.05, 3.63) is 78.2 Å². The highest BCUT2D eigenvalue weighted by molar-refractivity contribution is 5.89. The number of nitriles is 1. The Kier molecular flexibility index (Phi) is 6.77. The first-order chi connectivity index (χ1) is 21.9. The molecule has 10 nitrogen and oxygen atoms in total. The Morgan fingerprint density at radius 1 is 1.07 bits per heavy atom. The van der Waals surface area contributed by atoms with Gasteiger partial charge in [0.25, 0.3) is 0 Å². The van der Waals surface area contributed by atoms with E-state index in [1.165, 1.54) is 0 Å². The van der Waals surface area contributed by atoms with Crippen molar-refractivity contribution in [1.82, 2.24) is 24.4 Å². The van der Waals surface area contributed by atoms with Crippen LogP contribution in [-0.4, -0.2) is 93.9 Å². The van der Waals surface area contributed by atoms with E-state index in [1.54, 1.807) is 10.7 Å². The number of morpholine rings is 1. The predicted octanol–water partition coefficient (Wildman–Crippen LogP) is 3.89. The number of hydrogen-bond donors (Lipinski definition) is 0. The number of rotatable bonds is 8. The molecule has 3 aromatic heterocycles. The van der Waals surface area contributed by atoms with Crippen molar-refractivity contribution in [2.45, 2.75) is 56.3 Å². The molecule has 5 aliphatic heterocycles. The van der Waals surface area contributed by atoms with Gasteiger partial charge in [-0.05, 0) is 50.5 Å². The maximum Gasteiger partial charge on any atom is 0.233 e. The van der Waals surface area contributed by atoms with Crippen LogP contribution in [0, 0.1) is 11.3 Å². The van der Waals surface area contributed by atoms with Crippen molar-refractivity contribution in [2.75, 3.05) is 44.3 Å². The molecule has 8 heterocycles. The number of nitrogens with zero attached hydrogens (tertiary/aromatic N) is 7. The van der Waals surface area contributed by atoms with Crippen molar-refractivity contribution in [1.29, 1.82) is 5.26 Å². The highest BCUT2D eigenvalue weighted by Gasteiger charge is 2.51. The molecule has 4 bridgehead atoms. The Balaban J connectivity index is 0.977. The summed E-state index contributed by atoms with van der Waals surface area (Å²) in [6.07, 6.45) is 7.81. The van der Waals surface area contributed by atoms with Crippen LogP contribution in [0.3, 0.4) is 0 Å². The number of piperazine rings is 1. The van der Waals surface area contributed by atoms with Crippen LogP contribution < -0.4 is 9.64 Å². The second kappa shape index (κ2) is 10.9. The van der Waals surface area contributed by atoms with Gasteiger partial charge in [-0.1, -0.05) is 30.3 Å². The van der Waals surface area contributed by atoms with Crippen molar-refractivity contribution >= 4 is 17.2 Å². The molecule has 5 saturated heterocycles. The van der Waals surface area contributed by atoms with Gasteiger partial charge in [0, 0.05) is 49.5 Å². The lowest BCUT2D eigenvalue weighted by Gasteiger charge is -2.58. The number of likely N-dealkylation sites (tertiary alicyclic amines) is 1. The monoisotopic (exact) mass is 603 g/mol. The number of fused-ring (bicyclic) bond motifs is 5. The Morgan fingerprint density at radius 2 is 1.89 bits per heavy atom. The highest BCUT2D eigenvalue weighted by atomic mass is 16.5. The fourth-order valence-electron chi connectivity index (χ4n) is 7.67. The van der Waals surface area contributed by atoms with Gasteiger partial charge in [-0.3, -0.25) is 9.69 Å². The van der Waals surface area contributed by atoms with Gasteiger partial charge >= 0.3 is 0 Å². The molecular weight excluding hydrogens is 566 g/mol. The Morgan fingerprint density at radius 3 is 2.58 bits per heavy atom. The summed E-state index contributed by atoms with van der Waals surface area (Å²) >= 11 is 0. The molecule has 1 amide bonds. The van der Waals surface area contributed by atoms with Gasteiger partial charge < -0.3 is 19.3 Å². The molecule has 0 spiro atoms. The molecule has 230 valence electrons. The largest absolute Gasteiger partial charge is 0.491 e. The molecule has 4 aromatic rings. The van der Waals surface area contributed by atoms with E-state index in [2.05, 4.69) is 31.9 Å². The average molecular weight is 604 g/mol. The molecule has 5 fully saturated rings. The van der Waals surface area contributed by atoms with Crippen LogP contribution in [0.2, 0.25) is 0 Å². The number of carbonyl (C=O) groups excluding carboxylic acids is 1. The first kappa shape index (κ1) is 28.0. The Hall–Kier alpha value is -4.46. The molecule has 9 rings (SSSR count). The fraction of sp³-hybridized carbons (Fsp3) is 0.429. The van der Waals surface area contributed by atoms with Crippen LogP contribution in [0.4, 0.5) is 5.82 Å². The zero-order chi connectivity index (χ0) is 30.7. The minimum Gasteiger partial charge on any atom is -0.491 e. The van der Waals surface area contributed by atoms with E-state index in [0.29, 0.717) is 30.1 Å². The minimum atomic E-state index is -0.567. The first-order valence-corrected chi connectivity index (χ1v) is 15.9. The van der Waals surface area contributed by atoms with Crippen molar-refractivity contribution in [2.24, 2.45) is 0 Å². The fourth-order valence-corrected chi connectivity index (χ4v) is 7.67. The number of hydrogen-bond acceptors (Lipinski definition) is 8. The summed E-state index contributed by atoms with van der Waals surface area (Å²) in [6, 6.07) is 19.3. The van der Waals surface area contributed by atoms with E-state index < -0.39 is 5.41 Å². The van der Waals surface area contributed by atoms with Gasteiger partial charge in [0.2, 0.25) is 5.91 Å². The summed E-state index contributed by atoms with van der Waals surface area (Å²) in [5.41, 5.74) is 3.47. The number of pyridine rings is 2. The predicted molar refractivity (Wildman–Crippen MR) is 169 cm³/mol. The van der Waals surface area contributed by atoms with Crippen LogP contribution in [0.25, 0.3) is 16.6 Å². The number of benzene rings is 1. The number of piperidine rings is 1. The third-order valence-electron chi connectivity index (χ3n) is 10.2. The molecule has 3 unspecified atom stereocenters. The molecule has 10 heteroatoms. The molecule has 0 saturated carbocycles. The number of carbonyl (C=O) groups is 1. The van der Waals surface area contributed by atoms with Gasteiger partial charge in [-0.15, -0.1) is 0 Å². The van der Waals surface area contributed by atoms with Gasteiger partial charge in [0.05, 0.1) is 53.7 Å². The molecular formula is C35H37N7O3. The summed E-state index contributed by atoms with van der Waals surface area (Å²) in [7, 11) is 0. The van der Waals surface area contributed by atoms with E-state index in [-0.39, 0.29) is 18.0 Å². The number of ether oxygens (including phenoxy) is 2. The number of aromatic nitrogens is 3. The zero-order valence-corrected chi connectivity index (χ0v) is 25.7. The summed E-state index contributed by atoms with van der Waals surface area (Å²) in [6.45, 7) is 8.78. The van der Waals surface area contributed by atoms with Crippen LogP contribution >= 0.6 is 0 Å². The van der Waals surface area contributed by atoms with Crippen molar-refractivity contribution in [3.63, 3.8) is 0 Å². The lowest BCUT2D eigenvalue weighted by Crippen LogP contribution is -2.72. The van der Waals surface area contributed by atoms with E-state index in [4.69, 9.17) is 14.5 Å². The normalized spacial score (nSPS) is 24.1. The summed E-state index contributed by atoms with van der Waals surface area (Å²) in [4.78, 5) is 25.4. The van der Waals surface area contributed by atoms with E-state index in [0.717, 1.165) is 73.7 Å². The van der Waals surface area contributed by atoms with Crippen molar-refractivity contribution < 1.29 is 14.3 Å². The van der Waals surface area contributed by atoms with Crippen LogP contribution in [0.1, 0.15) is 37.8 Å².